The van der Waals surface area contributed by atoms with Gasteiger partial charge in [0.2, 0.25) is 0 Å². The molecule has 1 amide bonds. The molecule has 0 saturated carbocycles. The summed E-state index contributed by atoms with van der Waals surface area (Å²) in [6, 6.07) is 0. The third-order valence-electron chi connectivity index (χ3n) is 0.417. The molecule has 0 aliphatic heterocycles. The van der Waals surface area contributed by atoms with E-state index >= 15 is 0 Å². The van der Waals surface area contributed by atoms with Crippen LogP contribution < -0.4 is 5.32 Å². The molecule has 0 aromatic heterocycles. The first-order chi connectivity index (χ1) is 3.31. The van der Waals surface area contributed by atoms with Crippen molar-refractivity contribution in [3.05, 3.63) is 6.92 Å². The van der Waals surface area contributed by atoms with Gasteiger partial charge in [0.1, 0.15) is 0 Å². The van der Waals surface area contributed by atoms with E-state index in [4.69, 9.17) is 0 Å². The molecule has 37 valence electrons. The number of hydrogen-bond donors (Lipinski definition) is 1. The lowest BCUT2D eigenvalue weighted by atomic mass is 10.6. The first-order valence-corrected chi connectivity index (χ1v) is 1.85. The molecule has 0 unspecified atom stereocenters. The lowest BCUT2D eigenvalue weighted by molar-refractivity contribution is -0.115. The molecule has 0 fully saturated rings. The van der Waals surface area contributed by atoms with Crippen LogP contribution in [0.4, 0.5) is 0 Å². The topological polar surface area (TPSA) is 29.1 Å². The number of rotatable bonds is 1. The van der Waals surface area contributed by atoms with Crippen LogP contribution in [0.1, 0.15) is 0 Å². The molecule has 0 saturated heterocycles. The molecule has 0 aromatic rings. The Morgan fingerprint density at radius 1 is 2.00 bits per heavy atom. The number of carbonyl (C=O) groups excluding carboxylic acids is 1. The molecule has 1 N–H and O–H groups in total. The van der Waals surface area contributed by atoms with E-state index in [1.165, 1.54) is 0 Å². The lowest BCUT2D eigenvalue weighted by Gasteiger charge is -1.87. The smallest absolute Gasteiger partial charge is 0.295 e. The van der Waals surface area contributed by atoms with Crippen LogP contribution in [-0.4, -0.2) is 12.5 Å². The molecule has 1 radical (unpaired) electrons. The van der Waals surface area contributed by atoms with Crippen LogP contribution in [0.15, 0.2) is 0 Å². The zero-order valence-electron chi connectivity index (χ0n) is 3.90. The van der Waals surface area contributed by atoms with Crippen molar-refractivity contribution in [1.29, 1.82) is 0 Å². The third-order valence-corrected chi connectivity index (χ3v) is 0.417. The van der Waals surface area contributed by atoms with Gasteiger partial charge in [-0.15, -0.1) is 6.42 Å². The molecular formula is C5H6NO. The zero-order valence-corrected chi connectivity index (χ0v) is 3.90. The van der Waals surface area contributed by atoms with Gasteiger partial charge >= 0.3 is 0 Å². The number of hydrogen-bond acceptors (Lipinski definition) is 1. The molecular weight excluding hydrogens is 90.1 g/mol. The summed E-state index contributed by atoms with van der Waals surface area (Å²) < 4.78 is 0. The lowest BCUT2D eigenvalue weighted by Crippen LogP contribution is -2.20. The SMILES string of the molecule is C#CC(=O)NC[CH2]. The fraction of sp³-hybridized carbons (Fsp3) is 0.200. The van der Waals surface area contributed by atoms with Crippen molar-refractivity contribution in [2.75, 3.05) is 6.54 Å². The summed E-state index contributed by atoms with van der Waals surface area (Å²) in [5, 5.41) is 2.31. The van der Waals surface area contributed by atoms with Crippen molar-refractivity contribution in [3.63, 3.8) is 0 Å². The van der Waals surface area contributed by atoms with Crippen molar-refractivity contribution < 1.29 is 4.79 Å². The van der Waals surface area contributed by atoms with Crippen LogP contribution in [-0.2, 0) is 4.79 Å². The van der Waals surface area contributed by atoms with E-state index in [0.29, 0.717) is 6.54 Å². The predicted octanol–water partition coefficient (Wildman–Crippen LogP) is -0.430. The van der Waals surface area contributed by atoms with Gasteiger partial charge in [-0.1, -0.05) is 0 Å². The Morgan fingerprint density at radius 3 is 2.71 bits per heavy atom. The Hall–Kier alpha value is -0.970. The average molecular weight is 96.1 g/mol. The summed E-state index contributed by atoms with van der Waals surface area (Å²) in [4.78, 5) is 10.0. The average Bonchev–Trinajstić information content (AvgIpc) is 1.68. The summed E-state index contributed by atoms with van der Waals surface area (Å²) in [6.45, 7) is 3.70. The molecule has 0 aliphatic carbocycles. The van der Waals surface area contributed by atoms with Crippen molar-refractivity contribution in [2.45, 2.75) is 0 Å². The van der Waals surface area contributed by atoms with Gasteiger partial charge in [-0.05, 0) is 12.8 Å². The van der Waals surface area contributed by atoms with Crippen molar-refractivity contribution in [3.8, 4) is 12.3 Å². The monoisotopic (exact) mass is 96.0 g/mol. The highest BCUT2D eigenvalue weighted by molar-refractivity contribution is 5.92. The van der Waals surface area contributed by atoms with E-state index in [1.807, 2.05) is 5.92 Å². The van der Waals surface area contributed by atoms with Crippen LogP contribution >= 0.6 is 0 Å². The second-order valence-corrected chi connectivity index (χ2v) is 0.900. The molecule has 2 heteroatoms. The summed E-state index contributed by atoms with van der Waals surface area (Å²) in [7, 11) is 0. The van der Waals surface area contributed by atoms with Crippen molar-refractivity contribution >= 4 is 5.91 Å². The van der Waals surface area contributed by atoms with Gasteiger partial charge in [0, 0.05) is 6.54 Å². The fourth-order valence-corrected chi connectivity index (χ4v) is 0.165. The first kappa shape index (κ1) is 6.03. The highest BCUT2D eigenvalue weighted by atomic mass is 16.1. The highest BCUT2D eigenvalue weighted by Gasteiger charge is 1.84. The van der Waals surface area contributed by atoms with Gasteiger partial charge in [-0.25, -0.2) is 0 Å². The largest absolute Gasteiger partial charge is 0.345 e. The van der Waals surface area contributed by atoms with Crippen LogP contribution in [0.3, 0.4) is 0 Å². The van der Waals surface area contributed by atoms with E-state index in [0.717, 1.165) is 0 Å². The van der Waals surface area contributed by atoms with Gasteiger partial charge in [-0.3, -0.25) is 4.79 Å². The van der Waals surface area contributed by atoms with Gasteiger partial charge < -0.3 is 5.32 Å². The van der Waals surface area contributed by atoms with E-state index in [9.17, 15) is 4.79 Å². The minimum Gasteiger partial charge on any atom is -0.345 e. The molecule has 7 heavy (non-hydrogen) atoms. The molecule has 0 aliphatic rings. The Morgan fingerprint density at radius 2 is 2.57 bits per heavy atom. The number of carbonyl (C=O) groups is 1. The van der Waals surface area contributed by atoms with Crippen molar-refractivity contribution in [2.24, 2.45) is 0 Å². The van der Waals surface area contributed by atoms with Gasteiger partial charge in [-0.2, -0.15) is 0 Å². The second-order valence-electron chi connectivity index (χ2n) is 0.900. The molecule has 2 nitrogen and oxygen atoms in total. The Labute approximate surface area is 42.9 Å². The maximum atomic E-state index is 10.0. The maximum absolute atomic E-state index is 10.0. The van der Waals surface area contributed by atoms with Crippen LogP contribution in [0.5, 0.6) is 0 Å². The molecule has 0 atom stereocenters. The predicted molar refractivity (Wildman–Crippen MR) is 27.2 cm³/mol. The van der Waals surface area contributed by atoms with Crippen LogP contribution in [0.2, 0.25) is 0 Å². The van der Waals surface area contributed by atoms with E-state index in [1.54, 1.807) is 0 Å². The Balaban J connectivity index is 3.24. The summed E-state index contributed by atoms with van der Waals surface area (Å²) in [5.74, 6) is 1.47. The second kappa shape index (κ2) is 3.23. The Kier molecular flexibility index (Phi) is 2.78. The van der Waals surface area contributed by atoms with E-state index in [-0.39, 0.29) is 0 Å². The molecule has 0 heterocycles. The van der Waals surface area contributed by atoms with Crippen LogP contribution in [0, 0.1) is 19.3 Å². The fourth-order valence-electron chi connectivity index (χ4n) is 0.165. The van der Waals surface area contributed by atoms with E-state index < -0.39 is 5.91 Å². The summed E-state index contributed by atoms with van der Waals surface area (Å²) in [5.41, 5.74) is 0. The summed E-state index contributed by atoms with van der Waals surface area (Å²) >= 11 is 0. The molecule has 0 spiro atoms. The standard InChI is InChI=1S/C5H6NO/c1-3-5(7)6-4-2/h1H,2,4H2,(H,6,7). The minimum atomic E-state index is -0.407. The quantitative estimate of drug-likeness (QED) is 0.441. The number of nitrogens with one attached hydrogen (secondary N) is 1. The zero-order chi connectivity index (χ0) is 5.70. The number of amides is 1. The third kappa shape index (κ3) is 2.84. The first-order valence-electron chi connectivity index (χ1n) is 1.85. The van der Waals surface area contributed by atoms with Crippen molar-refractivity contribution in [1.82, 2.24) is 5.32 Å². The summed E-state index contributed by atoms with van der Waals surface area (Å²) in [6.07, 6.45) is 4.67. The molecule has 0 aromatic carbocycles. The molecule has 0 rings (SSSR count). The maximum Gasteiger partial charge on any atom is 0.295 e. The van der Waals surface area contributed by atoms with Crippen LogP contribution in [0.25, 0.3) is 0 Å². The van der Waals surface area contributed by atoms with E-state index in [2.05, 4.69) is 18.7 Å². The van der Waals surface area contributed by atoms with Gasteiger partial charge in [0.05, 0.1) is 0 Å². The van der Waals surface area contributed by atoms with Gasteiger partial charge in [0.25, 0.3) is 5.91 Å². The van der Waals surface area contributed by atoms with Gasteiger partial charge in [0.15, 0.2) is 0 Å². The normalized spacial score (nSPS) is 6.86. The molecule has 0 bridgehead atoms. The minimum absolute atomic E-state index is 0.350. The Bertz CT molecular complexity index is 101. The number of terminal acetylenes is 1. The highest BCUT2D eigenvalue weighted by Crippen LogP contribution is 1.54.